The molecule has 0 saturated carbocycles. The largest absolute Gasteiger partial charge is 0.497 e. The van der Waals surface area contributed by atoms with E-state index < -0.39 is 5.63 Å². The Hall–Kier alpha value is -3.25. The molecule has 0 fully saturated rings. The van der Waals surface area contributed by atoms with Crippen LogP contribution in [0.2, 0.25) is 0 Å². The van der Waals surface area contributed by atoms with Gasteiger partial charge in [0, 0.05) is 13.7 Å². The lowest BCUT2D eigenvalue weighted by atomic mass is 10.0. The number of fused-ring (bicyclic) bond motifs is 3. The molecule has 0 atom stereocenters. The van der Waals surface area contributed by atoms with Gasteiger partial charge in [0.05, 0.1) is 24.7 Å². The Morgan fingerprint density at radius 1 is 1.00 bits per heavy atom. The smallest absolute Gasteiger partial charge is 0.348 e. The minimum Gasteiger partial charge on any atom is -0.497 e. The molecule has 0 aliphatic carbocycles. The van der Waals surface area contributed by atoms with E-state index in [1.54, 1.807) is 20.3 Å². The highest BCUT2D eigenvalue weighted by atomic mass is 16.5. The lowest BCUT2D eigenvalue weighted by Crippen LogP contribution is -2.07. The Labute approximate surface area is 155 Å². The number of hydrogen-bond donors (Lipinski definition) is 1. The zero-order chi connectivity index (χ0) is 18.8. The standard InChI is InChI=1S/C21H19NO5/c1-24-12-11-22-20-17(13-7-9-14(25-2)10-8-13)18-19(27-20)15-5-3-4-6-16(15)26-21(18)23/h3-10,22H,11-12H2,1-2H3. The van der Waals surface area contributed by atoms with Crippen LogP contribution in [0.25, 0.3) is 33.1 Å². The summed E-state index contributed by atoms with van der Waals surface area (Å²) in [6.45, 7) is 1.05. The van der Waals surface area contributed by atoms with Crippen LogP contribution in [-0.4, -0.2) is 27.4 Å². The molecule has 4 aromatic rings. The van der Waals surface area contributed by atoms with Crippen molar-refractivity contribution in [2.24, 2.45) is 0 Å². The van der Waals surface area contributed by atoms with Gasteiger partial charge in [0.2, 0.25) is 5.88 Å². The number of ether oxygens (including phenoxy) is 2. The molecule has 2 aromatic carbocycles. The predicted molar refractivity (Wildman–Crippen MR) is 105 cm³/mol. The molecule has 0 bridgehead atoms. The summed E-state index contributed by atoms with van der Waals surface area (Å²) in [5.74, 6) is 1.24. The van der Waals surface area contributed by atoms with Crippen LogP contribution >= 0.6 is 0 Å². The molecule has 6 nitrogen and oxygen atoms in total. The van der Waals surface area contributed by atoms with Crippen molar-refractivity contribution in [3.8, 4) is 16.9 Å². The first-order valence-electron chi connectivity index (χ1n) is 8.58. The quantitative estimate of drug-likeness (QED) is 0.406. The highest BCUT2D eigenvalue weighted by molar-refractivity contribution is 6.09. The molecule has 138 valence electrons. The van der Waals surface area contributed by atoms with Gasteiger partial charge in [-0.1, -0.05) is 24.3 Å². The fourth-order valence-corrected chi connectivity index (χ4v) is 3.13. The molecule has 6 heteroatoms. The summed E-state index contributed by atoms with van der Waals surface area (Å²) in [4.78, 5) is 12.7. The highest BCUT2D eigenvalue weighted by Gasteiger charge is 2.22. The summed E-state index contributed by atoms with van der Waals surface area (Å²) in [5, 5.41) is 4.39. The number of benzene rings is 2. The van der Waals surface area contributed by atoms with Crippen molar-refractivity contribution < 1.29 is 18.3 Å². The summed E-state index contributed by atoms with van der Waals surface area (Å²) in [6, 6.07) is 14.8. The van der Waals surface area contributed by atoms with Gasteiger partial charge in [0.25, 0.3) is 0 Å². The Morgan fingerprint density at radius 2 is 1.78 bits per heavy atom. The first kappa shape index (κ1) is 17.2. The maximum absolute atomic E-state index is 12.7. The molecule has 0 unspecified atom stereocenters. The monoisotopic (exact) mass is 365 g/mol. The first-order chi connectivity index (χ1) is 13.2. The fraction of sp³-hybridized carbons (Fsp3) is 0.190. The molecule has 2 heterocycles. The zero-order valence-electron chi connectivity index (χ0n) is 15.1. The Kier molecular flexibility index (Phi) is 4.56. The Bertz CT molecular complexity index is 1140. The molecule has 0 aliphatic heterocycles. The lowest BCUT2D eigenvalue weighted by molar-refractivity contribution is 0.210. The second kappa shape index (κ2) is 7.17. The molecule has 0 amide bonds. The summed E-state index contributed by atoms with van der Waals surface area (Å²) < 4.78 is 22.0. The number of para-hydroxylation sites is 1. The van der Waals surface area contributed by atoms with Gasteiger partial charge in [-0.25, -0.2) is 4.79 Å². The first-order valence-corrected chi connectivity index (χ1v) is 8.58. The average molecular weight is 365 g/mol. The van der Waals surface area contributed by atoms with Crippen molar-refractivity contribution in [1.29, 1.82) is 0 Å². The number of anilines is 1. The lowest BCUT2D eigenvalue weighted by Gasteiger charge is -2.06. The van der Waals surface area contributed by atoms with Gasteiger partial charge in [-0.3, -0.25) is 0 Å². The van der Waals surface area contributed by atoms with E-state index in [9.17, 15) is 4.79 Å². The second-order valence-electron chi connectivity index (χ2n) is 6.04. The third-order valence-corrected chi connectivity index (χ3v) is 4.42. The molecule has 4 rings (SSSR count). The molecule has 0 spiro atoms. The fourth-order valence-electron chi connectivity index (χ4n) is 3.13. The van der Waals surface area contributed by atoms with Gasteiger partial charge >= 0.3 is 5.63 Å². The van der Waals surface area contributed by atoms with Crippen LogP contribution in [0.5, 0.6) is 5.75 Å². The van der Waals surface area contributed by atoms with Crippen LogP contribution in [0, 0.1) is 0 Å². The van der Waals surface area contributed by atoms with E-state index in [0.717, 1.165) is 16.7 Å². The van der Waals surface area contributed by atoms with E-state index in [-0.39, 0.29) is 0 Å². The number of furan rings is 1. The molecule has 27 heavy (non-hydrogen) atoms. The molecule has 0 radical (unpaired) electrons. The van der Waals surface area contributed by atoms with E-state index in [0.29, 0.717) is 41.2 Å². The van der Waals surface area contributed by atoms with Crippen molar-refractivity contribution in [2.75, 3.05) is 32.7 Å². The predicted octanol–water partition coefficient (Wildman–Crippen LogP) is 4.27. The van der Waals surface area contributed by atoms with Crippen molar-refractivity contribution in [3.05, 3.63) is 59.0 Å². The van der Waals surface area contributed by atoms with Crippen molar-refractivity contribution >= 4 is 27.8 Å². The van der Waals surface area contributed by atoms with E-state index in [4.69, 9.17) is 18.3 Å². The summed E-state index contributed by atoms with van der Waals surface area (Å²) in [6.07, 6.45) is 0. The molecule has 2 aromatic heterocycles. The maximum Gasteiger partial charge on any atom is 0.348 e. The third kappa shape index (κ3) is 3.04. The van der Waals surface area contributed by atoms with Gasteiger partial charge in [-0.2, -0.15) is 0 Å². The molecular formula is C21H19NO5. The van der Waals surface area contributed by atoms with Crippen LogP contribution in [0.4, 0.5) is 5.88 Å². The highest BCUT2D eigenvalue weighted by Crippen LogP contribution is 2.40. The molecule has 0 saturated heterocycles. The van der Waals surface area contributed by atoms with Gasteiger partial charge < -0.3 is 23.6 Å². The van der Waals surface area contributed by atoms with Gasteiger partial charge in [-0.15, -0.1) is 0 Å². The number of methoxy groups -OCH3 is 2. The Morgan fingerprint density at radius 3 is 2.52 bits per heavy atom. The van der Waals surface area contributed by atoms with Crippen LogP contribution in [0.3, 0.4) is 0 Å². The zero-order valence-corrected chi connectivity index (χ0v) is 15.1. The van der Waals surface area contributed by atoms with Crippen LogP contribution < -0.4 is 15.7 Å². The van der Waals surface area contributed by atoms with Crippen LogP contribution in [-0.2, 0) is 4.74 Å². The normalized spacial score (nSPS) is 11.2. The number of hydrogen-bond acceptors (Lipinski definition) is 6. The van der Waals surface area contributed by atoms with Gasteiger partial charge in [-0.05, 0) is 29.8 Å². The Balaban J connectivity index is 1.99. The minimum absolute atomic E-state index is 0.416. The minimum atomic E-state index is -0.432. The van der Waals surface area contributed by atoms with Gasteiger partial charge in [0.1, 0.15) is 16.7 Å². The van der Waals surface area contributed by atoms with Crippen LogP contribution in [0.1, 0.15) is 0 Å². The van der Waals surface area contributed by atoms with E-state index in [1.807, 2.05) is 42.5 Å². The summed E-state index contributed by atoms with van der Waals surface area (Å²) in [5.41, 5.74) is 2.07. The summed E-state index contributed by atoms with van der Waals surface area (Å²) >= 11 is 0. The topological polar surface area (TPSA) is 73.8 Å². The average Bonchev–Trinajstić information content (AvgIpc) is 3.09. The van der Waals surface area contributed by atoms with E-state index >= 15 is 0 Å². The second-order valence-corrected chi connectivity index (χ2v) is 6.04. The van der Waals surface area contributed by atoms with Crippen molar-refractivity contribution in [3.63, 3.8) is 0 Å². The molecule has 1 N–H and O–H groups in total. The third-order valence-electron chi connectivity index (χ3n) is 4.42. The van der Waals surface area contributed by atoms with Crippen molar-refractivity contribution in [1.82, 2.24) is 0 Å². The molecule has 0 aliphatic rings. The summed E-state index contributed by atoms with van der Waals surface area (Å²) in [7, 11) is 3.24. The van der Waals surface area contributed by atoms with E-state index in [2.05, 4.69) is 5.32 Å². The van der Waals surface area contributed by atoms with Crippen LogP contribution in [0.15, 0.2) is 62.2 Å². The number of rotatable bonds is 6. The van der Waals surface area contributed by atoms with E-state index in [1.165, 1.54) is 0 Å². The number of nitrogens with one attached hydrogen (secondary N) is 1. The molecular weight excluding hydrogens is 346 g/mol. The van der Waals surface area contributed by atoms with Gasteiger partial charge in [0.15, 0.2) is 5.58 Å². The van der Waals surface area contributed by atoms with Crippen molar-refractivity contribution in [2.45, 2.75) is 0 Å². The SMILES string of the molecule is COCCNc1oc2c(c1-c1ccc(OC)cc1)c(=O)oc1ccccc12. The maximum atomic E-state index is 12.7.